The molecule has 0 aliphatic carbocycles. The highest BCUT2D eigenvalue weighted by atomic mass is 32.3. The fourth-order valence-corrected chi connectivity index (χ4v) is 0.425. The molecule has 7 nitrogen and oxygen atoms in total. The second kappa shape index (κ2) is 5.51. The van der Waals surface area contributed by atoms with Gasteiger partial charge in [-0.15, -0.1) is 5.11 Å². The van der Waals surface area contributed by atoms with E-state index in [1.54, 1.807) is 0 Å². The van der Waals surface area contributed by atoms with Crippen LogP contribution in [0.5, 0.6) is 0 Å². The molecule has 0 aromatic carbocycles. The van der Waals surface area contributed by atoms with Gasteiger partial charge in [-0.05, 0) is 0 Å². The van der Waals surface area contributed by atoms with Crippen LogP contribution in [0.15, 0.2) is 22.5 Å². The van der Waals surface area contributed by atoms with Crippen molar-refractivity contribution in [1.82, 2.24) is 0 Å². The van der Waals surface area contributed by atoms with Gasteiger partial charge in [0.05, 0.1) is 20.4 Å². The molecule has 8 heteroatoms. The van der Waals surface area contributed by atoms with E-state index in [9.17, 15) is 13.2 Å². The molecule has 1 heterocycles. The third kappa shape index (κ3) is 6.08. The molecular weight excluding hydrogens is 200 g/mol. The molecule has 1 amide bonds. The van der Waals surface area contributed by atoms with E-state index in [2.05, 4.69) is 18.6 Å². The van der Waals surface area contributed by atoms with Gasteiger partial charge in [0.15, 0.2) is 0 Å². The van der Waals surface area contributed by atoms with Crippen molar-refractivity contribution in [3.05, 3.63) is 12.3 Å². The van der Waals surface area contributed by atoms with Crippen LogP contribution in [-0.2, 0) is 23.6 Å². The Morgan fingerprint density at radius 2 is 1.85 bits per heavy atom. The Kier molecular flexibility index (Phi) is 5.04. The van der Waals surface area contributed by atoms with Crippen molar-refractivity contribution < 1.29 is 21.6 Å². The molecule has 13 heavy (non-hydrogen) atoms. The Hall–Kier alpha value is -1.12. The third-order valence-corrected chi connectivity index (χ3v) is 1.66. The number of carbonyl (C=O) groups excluding carboxylic acids is 1. The molecule has 0 saturated heterocycles. The average molecular weight is 208 g/mol. The summed E-state index contributed by atoms with van der Waals surface area (Å²) in [4.78, 5) is 9.90. The van der Waals surface area contributed by atoms with Gasteiger partial charge in [-0.2, -0.15) is 13.5 Å². The second-order valence-electron chi connectivity index (χ2n) is 1.61. The van der Waals surface area contributed by atoms with Crippen LogP contribution in [-0.4, -0.2) is 28.5 Å². The lowest BCUT2D eigenvalue weighted by molar-refractivity contribution is -0.113. The Morgan fingerprint density at radius 3 is 1.92 bits per heavy atom. The van der Waals surface area contributed by atoms with Crippen LogP contribution >= 0.6 is 0 Å². The van der Waals surface area contributed by atoms with Gasteiger partial charge < -0.3 is 0 Å². The van der Waals surface area contributed by atoms with Crippen molar-refractivity contribution in [2.24, 2.45) is 10.2 Å². The van der Waals surface area contributed by atoms with Gasteiger partial charge >= 0.3 is 10.4 Å². The Balaban J connectivity index is 0.000000223. The summed E-state index contributed by atoms with van der Waals surface area (Å²) in [5, 5.41) is 6.37. The molecule has 0 radical (unpaired) electrons. The lowest BCUT2D eigenvalue weighted by atomic mass is 10.6. The van der Waals surface area contributed by atoms with Crippen molar-refractivity contribution in [1.29, 1.82) is 0 Å². The van der Waals surface area contributed by atoms with Crippen LogP contribution in [0.3, 0.4) is 0 Å². The first-order valence-corrected chi connectivity index (χ1v) is 4.32. The van der Waals surface area contributed by atoms with Crippen molar-refractivity contribution >= 4 is 16.3 Å². The molecule has 0 saturated carbocycles. The van der Waals surface area contributed by atoms with Gasteiger partial charge in [0, 0.05) is 6.08 Å². The van der Waals surface area contributed by atoms with E-state index in [1.165, 1.54) is 12.3 Å². The minimum absolute atomic E-state index is 0.269. The van der Waals surface area contributed by atoms with Crippen LogP contribution in [0.2, 0.25) is 0 Å². The SMILES string of the molecule is COS(=O)(=O)OC.O=C1C=CN=N1. The molecule has 0 atom stereocenters. The van der Waals surface area contributed by atoms with Crippen molar-refractivity contribution in [2.75, 3.05) is 14.2 Å². The summed E-state index contributed by atoms with van der Waals surface area (Å²) in [6.45, 7) is 0. The molecular formula is C5H8N2O5S. The molecule has 0 spiro atoms. The van der Waals surface area contributed by atoms with E-state index in [-0.39, 0.29) is 5.91 Å². The van der Waals surface area contributed by atoms with E-state index in [1.807, 2.05) is 0 Å². The molecule has 74 valence electrons. The molecule has 0 aromatic heterocycles. The first-order valence-electron chi connectivity index (χ1n) is 2.99. The second-order valence-corrected chi connectivity index (χ2v) is 3.09. The highest BCUT2D eigenvalue weighted by Crippen LogP contribution is 1.90. The van der Waals surface area contributed by atoms with Gasteiger partial charge in [-0.3, -0.25) is 13.2 Å². The van der Waals surface area contributed by atoms with Gasteiger partial charge in [-0.1, -0.05) is 0 Å². The maximum atomic E-state index is 9.92. The van der Waals surface area contributed by atoms with Gasteiger partial charge in [0.2, 0.25) is 0 Å². The Bertz CT molecular complexity index is 294. The van der Waals surface area contributed by atoms with E-state index in [4.69, 9.17) is 0 Å². The number of hydrogen-bond acceptors (Lipinski definition) is 6. The third-order valence-electron chi connectivity index (χ3n) is 0.848. The normalized spacial score (nSPS) is 14.2. The summed E-state index contributed by atoms with van der Waals surface area (Å²) in [7, 11) is -1.60. The zero-order chi connectivity index (χ0) is 10.3. The van der Waals surface area contributed by atoms with E-state index >= 15 is 0 Å². The van der Waals surface area contributed by atoms with Crippen LogP contribution in [0.25, 0.3) is 0 Å². The lowest BCUT2D eigenvalue weighted by Gasteiger charge is -1.91. The largest absolute Gasteiger partial charge is 0.399 e. The molecule has 1 rings (SSSR count). The monoisotopic (exact) mass is 208 g/mol. The fourth-order valence-electron chi connectivity index (χ4n) is 0.289. The quantitative estimate of drug-likeness (QED) is 0.637. The van der Waals surface area contributed by atoms with Gasteiger partial charge in [0.1, 0.15) is 0 Å². The molecule has 0 fully saturated rings. The number of nitrogens with zero attached hydrogens (tertiary/aromatic N) is 2. The summed E-state index contributed by atoms with van der Waals surface area (Å²) in [6.07, 6.45) is 2.67. The highest BCUT2D eigenvalue weighted by molar-refractivity contribution is 7.81. The average Bonchev–Trinajstić information content (AvgIpc) is 2.57. The number of azo groups is 1. The summed E-state index contributed by atoms with van der Waals surface area (Å²) >= 11 is 0. The first kappa shape index (κ1) is 11.9. The highest BCUT2D eigenvalue weighted by Gasteiger charge is 2.01. The number of carbonyl (C=O) groups is 1. The zero-order valence-electron chi connectivity index (χ0n) is 7.00. The van der Waals surface area contributed by atoms with Gasteiger partial charge in [0.25, 0.3) is 5.91 Å². The molecule has 0 unspecified atom stereocenters. The molecule has 1 aliphatic heterocycles. The summed E-state index contributed by atoms with van der Waals surface area (Å²) < 4.78 is 27.5. The van der Waals surface area contributed by atoms with Crippen molar-refractivity contribution in [3.8, 4) is 0 Å². The smallest absolute Gasteiger partial charge is 0.266 e. The lowest BCUT2D eigenvalue weighted by Crippen LogP contribution is -2.02. The predicted molar refractivity (Wildman–Crippen MR) is 41.9 cm³/mol. The molecule has 0 N–H and O–H groups in total. The van der Waals surface area contributed by atoms with Crippen LogP contribution in [0.4, 0.5) is 0 Å². The maximum Gasteiger partial charge on any atom is 0.399 e. The minimum atomic E-state index is -3.66. The van der Waals surface area contributed by atoms with Crippen LogP contribution in [0.1, 0.15) is 0 Å². The van der Waals surface area contributed by atoms with E-state index in [0.29, 0.717) is 0 Å². The van der Waals surface area contributed by atoms with Gasteiger partial charge in [-0.25, -0.2) is 0 Å². The minimum Gasteiger partial charge on any atom is -0.266 e. The molecule has 0 bridgehead atoms. The Morgan fingerprint density at radius 1 is 1.31 bits per heavy atom. The van der Waals surface area contributed by atoms with Crippen LogP contribution < -0.4 is 0 Å². The first-order chi connectivity index (χ1) is 6.02. The molecule has 1 aliphatic rings. The maximum absolute atomic E-state index is 9.92. The van der Waals surface area contributed by atoms with E-state index in [0.717, 1.165) is 14.2 Å². The predicted octanol–water partition coefficient (Wildman–Crippen LogP) is 0.0165. The Labute approximate surface area is 75.4 Å². The topological polar surface area (TPSA) is 94.4 Å². The number of hydrogen-bond donors (Lipinski definition) is 0. The number of amides is 1. The molecule has 0 aromatic rings. The summed E-state index contributed by atoms with van der Waals surface area (Å²) in [5.41, 5.74) is 0. The fraction of sp³-hybridized carbons (Fsp3) is 0.400. The van der Waals surface area contributed by atoms with Crippen LogP contribution in [0, 0.1) is 0 Å². The number of rotatable bonds is 2. The zero-order valence-corrected chi connectivity index (χ0v) is 7.82. The van der Waals surface area contributed by atoms with Crippen molar-refractivity contribution in [2.45, 2.75) is 0 Å². The summed E-state index contributed by atoms with van der Waals surface area (Å²) in [5.74, 6) is -0.269. The van der Waals surface area contributed by atoms with E-state index < -0.39 is 10.4 Å². The van der Waals surface area contributed by atoms with Crippen molar-refractivity contribution in [3.63, 3.8) is 0 Å². The standard InChI is InChI=1S/C3H2N2O.C2H6O4S/c6-3-1-2-4-5-3;1-5-7(3,4)6-2/h1-2H;1-2H3. The summed E-state index contributed by atoms with van der Waals surface area (Å²) in [6, 6.07) is 0.